The number of fused-ring (bicyclic) bond motifs is 1. The van der Waals surface area contributed by atoms with E-state index >= 15 is 0 Å². The van der Waals surface area contributed by atoms with E-state index in [-0.39, 0.29) is 28.8 Å². The summed E-state index contributed by atoms with van der Waals surface area (Å²) < 4.78 is 17.0. The molecule has 0 unspecified atom stereocenters. The third-order valence-electron chi connectivity index (χ3n) is 9.17. The first kappa shape index (κ1) is 25.8. The largest absolute Gasteiger partial charge is 0.458 e. The number of cyclic esters (lactones) is 1. The minimum Gasteiger partial charge on any atom is -0.458 e. The zero-order chi connectivity index (χ0) is 24.8. The fourth-order valence-corrected chi connectivity index (χ4v) is 7.17. The Bertz CT molecular complexity index is 820. The van der Waals surface area contributed by atoms with Crippen LogP contribution in [-0.2, 0) is 19.0 Å². The van der Waals surface area contributed by atoms with Crippen LogP contribution in [0.25, 0.3) is 0 Å². The first-order chi connectivity index (χ1) is 16.0. The summed E-state index contributed by atoms with van der Waals surface area (Å²) in [5, 5.41) is 40.2. The Balaban J connectivity index is 1.49. The van der Waals surface area contributed by atoms with Crippen molar-refractivity contribution in [1.82, 2.24) is 0 Å². The van der Waals surface area contributed by atoms with E-state index in [1.165, 1.54) is 5.57 Å². The van der Waals surface area contributed by atoms with Gasteiger partial charge in [-0.25, -0.2) is 4.79 Å². The second kappa shape index (κ2) is 9.64. The molecule has 4 N–H and O–H groups in total. The Kier molecular flexibility index (Phi) is 7.31. The summed E-state index contributed by atoms with van der Waals surface area (Å²) in [6, 6.07) is 0. The van der Waals surface area contributed by atoms with E-state index in [1.807, 2.05) is 6.08 Å². The molecule has 2 aliphatic carbocycles. The lowest BCUT2D eigenvalue weighted by Gasteiger charge is -2.60. The number of rotatable bonds is 6. The lowest BCUT2D eigenvalue weighted by Crippen LogP contribution is -2.62. The first-order valence-electron chi connectivity index (χ1n) is 12.5. The second-order valence-corrected chi connectivity index (χ2v) is 11.4. The van der Waals surface area contributed by atoms with Crippen LogP contribution in [0.4, 0.5) is 0 Å². The van der Waals surface area contributed by atoms with Gasteiger partial charge in [-0.2, -0.15) is 0 Å². The van der Waals surface area contributed by atoms with Crippen molar-refractivity contribution in [2.24, 2.45) is 22.7 Å². The van der Waals surface area contributed by atoms with Crippen molar-refractivity contribution in [3.8, 4) is 0 Å². The standard InChI is InChI=1S/C26H40O8/c1-14-5-8-18-25(2,3)19(34-24-22(30)21(29)20(28)17(13-27)33-24)9-11-26(18,4)16(14)7-6-15-10-12-32-23(15)31/h10,16-22,24,27-30H,1,5-9,11-13H2,2-4H3/t16-,17-,18-,19-,20-,21+,22-,24+,26+/m1/s1. The molecule has 34 heavy (non-hydrogen) atoms. The van der Waals surface area contributed by atoms with Crippen molar-refractivity contribution in [1.29, 1.82) is 0 Å². The molecule has 2 saturated carbocycles. The third kappa shape index (κ3) is 4.38. The van der Waals surface area contributed by atoms with Crippen LogP contribution in [0, 0.1) is 22.7 Å². The highest BCUT2D eigenvalue weighted by Gasteiger charge is 2.57. The summed E-state index contributed by atoms with van der Waals surface area (Å²) in [6.07, 6.45) is 0.375. The molecule has 8 heteroatoms. The van der Waals surface area contributed by atoms with Gasteiger partial charge in [-0.3, -0.25) is 0 Å². The SMILES string of the molecule is C=C1CC[C@@H]2C(C)(C)[C@H](O[C@@H]3O[C@H](CO)[C@@H](O)[C@H](O)[C@H]3O)CC[C@@]2(C)[C@@H]1CCC1=CCOC1=O. The minimum atomic E-state index is -1.45. The number of esters is 1. The number of aliphatic hydroxyl groups is 4. The Morgan fingerprint density at radius 3 is 2.53 bits per heavy atom. The van der Waals surface area contributed by atoms with Crippen LogP contribution >= 0.6 is 0 Å². The van der Waals surface area contributed by atoms with Gasteiger partial charge in [0.15, 0.2) is 6.29 Å². The van der Waals surface area contributed by atoms with Gasteiger partial charge in [-0.1, -0.05) is 32.9 Å². The van der Waals surface area contributed by atoms with Crippen LogP contribution < -0.4 is 0 Å². The topological polar surface area (TPSA) is 126 Å². The van der Waals surface area contributed by atoms with Gasteiger partial charge in [0.05, 0.1) is 12.7 Å². The summed E-state index contributed by atoms with van der Waals surface area (Å²) in [6.45, 7) is 11.0. The molecular weight excluding hydrogens is 440 g/mol. The van der Waals surface area contributed by atoms with E-state index < -0.39 is 37.3 Å². The predicted octanol–water partition coefficient (Wildman–Crippen LogP) is 1.84. The number of carbonyl (C=O) groups is 1. The molecule has 4 aliphatic rings. The fraction of sp³-hybridized carbons (Fsp3) is 0.808. The molecule has 0 aromatic carbocycles. The maximum atomic E-state index is 11.9. The van der Waals surface area contributed by atoms with Gasteiger partial charge in [0.2, 0.25) is 0 Å². The quantitative estimate of drug-likeness (QED) is 0.258. The van der Waals surface area contributed by atoms with Gasteiger partial charge < -0.3 is 34.6 Å². The molecule has 4 rings (SSSR count). The minimum absolute atomic E-state index is 0.00284. The zero-order valence-electron chi connectivity index (χ0n) is 20.5. The average Bonchev–Trinajstić information content (AvgIpc) is 3.19. The highest BCUT2D eigenvalue weighted by Crippen LogP contribution is 2.62. The summed E-state index contributed by atoms with van der Waals surface area (Å²) in [5.41, 5.74) is 1.75. The lowest BCUT2D eigenvalue weighted by atomic mass is 9.46. The normalized spacial score (nSPS) is 44.4. The van der Waals surface area contributed by atoms with Crippen molar-refractivity contribution in [2.75, 3.05) is 13.2 Å². The summed E-state index contributed by atoms with van der Waals surface area (Å²) in [7, 11) is 0. The van der Waals surface area contributed by atoms with Crippen molar-refractivity contribution in [3.05, 3.63) is 23.8 Å². The van der Waals surface area contributed by atoms with Crippen molar-refractivity contribution in [2.45, 2.75) is 96.1 Å². The Hall–Kier alpha value is -1.29. The predicted molar refractivity (Wildman–Crippen MR) is 123 cm³/mol. The first-order valence-corrected chi connectivity index (χ1v) is 12.5. The highest BCUT2D eigenvalue weighted by atomic mass is 16.7. The summed E-state index contributed by atoms with van der Waals surface area (Å²) >= 11 is 0. The van der Waals surface area contributed by atoms with Crippen LogP contribution in [-0.4, -0.2) is 76.4 Å². The average molecular weight is 481 g/mol. The van der Waals surface area contributed by atoms with Crippen LogP contribution in [0.5, 0.6) is 0 Å². The van der Waals surface area contributed by atoms with Crippen LogP contribution in [0.2, 0.25) is 0 Å². The van der Waals surface area contributed by atoms with Gasteiger partial charge >= 0.3 is 5.97 Å². The number of carbonyl (C=O) groups excluding carboxylic acids is 1. The molecule has 2 heterocycles. The van der Waals surface area contributed by atoms with E-state index in [0.717, 1.165) is 37.7 Å². The van der Waals surface area contributed by atoms with Crippen molar-refractivity contribution < 1.29 is 39.4 Å². The van der Waals surface area contributed by atoms with Crippen LogP contribution in [0.1, 0.15) is 59.3 Å². The molecular formula is C26H40O8. The molecule has 0 radical (unpaired) electrons. The number of hydrogen-bond donors (Lipinski definition) is 4. The number of aliphatic hydroxyl groups excluding tert-OH is 4. The molecule has 3 fully saturated rings. The third-order valence-corrected chi connectivity index (χ3v) is 9.17. The molecule has 2 aliphatic heterocycles. The van der Waals surface area contributed by atoms with Gasteiger partial charge in [-0.15, -0.1) is 0 Å². The van der Waals surface area contributed by atoms with Gasteiger partial charge in [0.25, 0.3) is 0 Å². The summed E-state index contributed by atoms with van der Waals surface area (Å²) in [4.78, 5) is 11.9. The van der Waals surface area contributed by atoms with Crippen LogP contribution in [0.3, 0.4) is 0 Å². The number of hydrogen-bond acceptors (Lipinski definition) is 8. The highest BCUT2D eigenvalue weighted by molar-refractivity contribution is 5.90. The maximum absolute atomic E-state index is 11.9. The van der Waals surface area contributed by atoms with Crippen LogP contribution in [0.15, 0.2) is 23.8 Å². The molecule has 0 aromatic rings. The molecule has 192 valence electrons. The molecule has 8 nitrogen and oxygen atoms in total. The number of allylic oxidation sites excluding steroid dienone is 1. The molecule has 1 saturated heterocycles. The molecule has 0 aromatic heterocycles. The second-order valence-electron chi connectivity index (χ2n) is 11.4. The van der Waals surface area contributed by atoms with Gasteiger partial charge in [0.1, 0.15) is 31.0 Å². The molecule has 0 amide bonds. The van der Waals surface area contributed by atoms with E-state index in [1.54, 1.807) is 0 Å². The van der Waals surface area contributed by atoms with Crippen molar-refractivity contribution >= 4 is 5.97 Å². The van der Waals surface area contributed by atoms with E-state index in [0.29, 0.717) is 18.9 Å². The van der Waals surface area contributed by atoms with E-state index in [4.69, 9.17) is 14.2 Å². The van der Waals surface area contributed by atoms with Gasteiger partial charge in [0, 0.05) is 5.57 Å². The Morgan fingerprint density at radius 2 is 1.88 bits per heavy atom. The fourth-order valence-electron chi connectivity index (χ4n) is 7.17. The monoisotopic (exact) mass is 480 g/mol. The zero-order valence-corrected chi connectivity index (χ0v) is 20.5. The van der Waals surface area contributed by atoms with Crippen molar-refractivity contribution in [3.63, 3.8) is 0 Å². The van der Waals surface area contributed by atoms with E-state index in [2.05, 4.69) is 27.4 Å². The molecule has 0 bridgehead atoms. The smallest absolute Gasteiger partial charge is 0.334 e. The maximum Gasteiger partial charge on any atom is 0.334 e. The summed E-state index contributed by atoms with van der Waals surface area (Å²) in [5.74, 6) is 0.400. The molecule has 9 atom stereocenters. The Morgan fingerprint density at radius 1 is 1.15 bits per heavy atom. The lowest BCUT2D eigenvalue weighted by molar-refractivity contribution is -0.327. The van der Waals surface area contributed by atoms with Gasteiger partial charge in [-0.05, 0) is 67.3 Å². The number of ether oxygens (including phenoxy) is 3. The molecule has 0 spiro atoms. The Labute approximate surface area is 201 Å². The van der Waals surface area contributed by atoms with E-state index in [9.17, 15) is 25.2 Å².